The van der Waals surface area contributed by atoms with E-state index in [-0.39, 0.29) is 11.5 Å². The Morgan fingerprint density at radius 3 is 2.11 bits per heavy atom. The molecule has 3 amide bonds. The lowest BCUT2D eigenvalue weighted by Crippen LogP contribution is -2.50. The van der Waals surface area contributed by atoms with Crippen molar-refractivity contribution in [2.75, 3.05) is 4.90 Å². The van der Waals surface area contributed by atoms with Crippen LogP contribution in [-0.2, 0) is 14.4 Å². The summed E-state index contributed by atoms with van der Waals surface area (Å²) >= 11 is 0. The molecule has 8 nitrogen and oxygen atoms in total. The lowest BCUT2D eigenvalue weighted by molar-refractivity contribution is -0.147. The third kappa shape index (κ3) is 8.67. The van der Waals surface area contributed by atoms with Crippen LogP contribution in [-0.4, -0.2) is 46.9 Å². The molecule has 3 N–H and O–H groups in total. The third-order valence-corrected chi connectivity index (χ3v) is 7.22. The number of aromatic nitrogens is 1. The Balaban J connectivity index is 1.77. The van der Waals surface area contributed by atoms with Crippen LogP contribution < -0.4 is 16.0 Å². The van der Waals surface area contributed by atoms with Gasteiger partial charge in [-0.2, -0.15) is 26.3 Å². The highest BCUT2D eigenvalue weighted by atomic mass is 19.4. The Hall–Kier alpha value is -4.75. The predicted molar refractivity (Wildman–Crippen MR) is 153 cm³/mol. The van der Waals surface area contributed by atoms with Crippen LogP contribution in [0.5, 0.6) is 0 Å². The van der Waals surface area contributed by atoms with Crippen molar-refractivity contribution < 1.29 is 40.7 Å². The summed E-state index contributed by atoms with van der Waals surface area (Å²) in [5.41, 5.74) is 7.07. The van der Waals surface area contributed by atoms with E-state index in [1.165, 1.54) is 17.2 Å². The minimum Gasteiger partial charge on any atom is -0.369 e. The maximum absolute atomic E-state index is 14.1. The number of benzodiazepines with no additional fused rings is 1. The Bertz CT molecular complexity index is 1530. The molecule has 3 aromatic rings. The molecule has 4 rings (SSSR count). The minimum absolute atomic E-state index is 0.162. The van der Waals surface area contributed by atoms with Crippen molar-refractivity contribution in [2.24, 2.45) is 22.6 Å². The summed E-state index contributed by atoms with van der Waals surface area (Å²) in [7, 11) is 0. The van der Waals surface area contributed by atoms with E-state index >= 15 is 0 Å². The number of anilines is 2. The predicted octanol–water partition coefficient (Wildman–Crippen LogP) is 5.83. The number of hydrogen-bond donors (Lipinski definition) is 2. The SMILES string of the molecule is NC(=O)[C@@H](CCCC(F)(F)F)[C@@H](CCC(F)(F)F)C(=O)N[C@H]1N=C(c2ccccc2)c2ccccc2N(c2ccccn2)C1=O. The number of hydrogen-bond acceptors (Lipinski definition) is 5. The van der Waals surface area contributed by atoms with E-state index in [1.807, 2.05) is 0 Å². The van der Waals surface area contributed by atoms with Gasteiger partial charge in [0.05, 0.1) is 11.4 Å². The molecule has 0 radical (unpaired) electrons. The number of benzene rings is 2. The van der Waals surface area contributed by atoms with E-state index in [2.05, 4.69) is 15.3 Å². The van der Waals surface area contributed by atoms with E-state index < -0.39 is 80.2 Å². The highest BCUT2D eigenvalue weighted by molar-refractivity contribution is 6.21. The zero-order chi connectivity index (χ0) is 32.8. The summed E-state index contributed by atoms with van der Waals surface area (Å²) in [4.78, 5) is 50.2. The molecule has 0 fully saturated rings. The maximum Gasteiger partial charge on any atom is 0.389 e. The van der Waals surface area contributed by atoms with Gasteiger partial charge in [-0.05, 0) is 37.5 Å². The monoisotopic (exact) mass is 633 g/mol. The smallest absolute Gasteiger partial charge is 0.369 e. The quantitative estimate of drug-likeness (QED) is 0.258. The summed E-state index contributed by atoms with van der Waals surface area (Å²) in [5.74, 6) is -6.54. The molecular weight excluding hydrogens is 604 g/mol. The second-order valence-corrected chi connectivity index (χ2v) is 10.4. The average Bonchev–Trinajstić information content (AvgIpc) is 3.10. The fourth-order valence-electron chi connectivity index (χ4n) is 5.15. The number of nitrogens with one attached hydrogen (secondary N) is 1. The first-order valence-corrected chi connectivity index (χ1v) is 14.0. The molecule has 238 valence electrons. The number of aliphatic imine (C=N–C) groups is 1. The summed E-state index contributed by atoms with van der Waals surface area (Å²) in [5, 5.41) is 2.38. The van der Waals surface area contributed by atoms with Crippen LogP contribution >= 0.6 is 0 Å². The topological polar surface area (TPSA) is 118 Å². The number of rotatable bonds is 11. The summed E-state index contributed by atoms with van der Waals surface area (Å²) in [6.45, 7) is 0. The van der Waals surface area contributed by atoms with Crippen LogP contribution in [0.3, 0.4) is 0 Å². The molecule has 0 spiro atoms. The zero-order valence-corrected chi connectivity index (χ0v) is 23.7. The molecule has 14 heteroatoms. The third-order valence-electron chi connectivity index (χ3n) is 7.22. The van der Waals surface area contributed by atoms with E-state index in [4.69, 9.17) is 5.73 Å². The van der Waals surface area contributed by atoms with Gasteiger partial charge in [-0.3, -0.25) is 19.3 Å². The average molecular weight is 634 g/mol. The Morgan fingerprint density at radius 1 is 0.844 bits per heavy atom. The minimum atomic E-state index is -4.75. The van der Waals surface area contributed by atoms with Crippen LogP contribution in [0.2, 0.25) is 0 Å². The van der Waals surface area contributed by atoms with Gasteiger partial charge in [-0.25, -0.2) is 9.98 Å². The molecule has 2 aromatic carbocycles. The molecule has 0 saturated carbocycles. The molecule has 0 bridgehead atoms. The van der Waals surface area contributed by atoms with Gasteiger partial charge in [0, 0.05) is 42.0 Å². The number of fused-ring (bicyclic) bond motifs is 1. The Kier molecular flexibility index (Phi) is 10.2. The van der Waals surface area contributed by atoms with Gasteiger partial charge in [0.15, 0.2) is 0 Å². The molecule has 3 atom stereocenters. The van der Waals surface area contributed by atoms with Crippen molar-refractivity contribution in [3.05, 3.63) is 90.1 Å². The van der Waals surface area contributed by atoms with Crippen molar-refractivity contribution >= 4 is 34.9 Å². The highest BCUT2D eigenvalue weighted by Gasteiger charge is 2.40. The number of nitrogens with zero attached hydrogens (tertiary/aromatic N) is 3. The van der Waals surface area contributed by atoms with E-state index in [9.17, 15) is 40.7 Å². The van der Waals surface area contributed by atoms with E-state index in [0.29, 0.717) is 16.8 Å². The fourth-order valence-corrected chi connectivity index (χ4v) is 5.15. The maximum atomic E-state index is 14.1. The van der Waals surface area contributed by atoms with Gasteiger partial charge in [0.2, 0.25) is 18.0 Å². The lowest BCUT2D eigenvalue weighted by atomic mass is 9.83. The molecule has 45 heavy (non-hydrogen) atoms. The van der Waals surface area contributed by atoms with Gasteiger partial charge in [0.1, 0.15) is 5.82 Å². The molecule has 0 unspecified atom stereocenters. The second kappa shape index (κ2) is 13.9. The van der Waals surface area contributed by atoms with Gasteiger partial charge in [-0.15, -0.1) is 0 Å². The van der Waals surface area contributed by atoms with Crippen molar-refractivity contribution in [1.82, 2.24) is 10.3 Å². The number of amides is 3. The van der Waals surface area contributed by atoms with Crippen LogP contribution in [0.4, 0.5) is 37.8 Å². The van der Waals surface area contributed by atoms with Crippen molar-refractivity contribution in [3.63, 3.8) is 0 Å². The highest BCUT2D eigenvalue weighted by Crippen LogP contribution is 2.35. The van der Waals surface area contributed by atoms with Crippen LogP contribution in [0.25, 0.3) is 0 Å². The molecule has 1 aromatic heterocycles. The zero-order valence-electron chi connectivity index (χ0n) is 23.7. The molecular formula is C31H29F6N5O3. The standard InChI is InChI=1S/C31H29F6N5O3/c32-30(33,34)16-8-12-20(26(38)43)21(15-17-31(35,36)37)28(44)41-27-29(45)42(24-14-6-7-18-39-24)23-13-5-4-11-22(23)25(40-27)19-9-2-1-3-10-19/h1-7,9-11,13-14,18,20-21,27H,8,12,15-17H2,(H2,38,43)(H,41,44)/t20-,21+,27+/m0/s1. The second-order valence-electron chi connectivity index (χ2n) is 10.4. The fraction of sp³-hybridized carbons (Fsp3) is 0.323. The van der Waals surface area contributed by atoms with Crippen LogP contribution in [0, 0.1) is 11.8 Å². The van der Waals surface area contributed by atoms with Gasteiger partial charge >= 0.3 is 12.4 Å². The number of pyridine rings is 1. The number of carbonyl (C=O) groups excluding carboxylic acids is 3. The first-order chi connectivity index (χ1) is 21.2. The largest absolute Gasteiger partial charge is 0.389 e. The van der Waals surface area contributed by atoms with Crippen molar-refractivity contribution in [3.8, 4) is 0 Å². The van der Waals surface area contributed by atoms with Crippen LogP contribution in [0.1, 0.15) is 43.2 Å². The molecule has 2 heterocycles. The summed E-state index contributed by atoms with van der Waals surface area (Å²) in [6, 6.07) is 20.1. The van der Waals surface area contributed by atoms with Crippen molar-refractivity contribution in [2.45, 2.75) is 50.6 Å². The Morgan fingerprint density at radius 2 is 1.49 bits per heavy atom. The number of carbonyl (C=O) groups is 3. The summed E-state index contributed by atoms with van der Waals surface area (Å²) < 4.78 is 78.3. The molecule has 0 aliphatic carbocycles. The number of halogens is 6. The number of para-hydroxylation sites is 1. The summed E-state index contributed by atoms with van der Waals surface area (Å²) in [6.07, 6.45) is -14.7. The number of alkyl halides is 6. The molecule has 1 aliphatic heterocycles. The lowest BCUT2D eigenvalue weighted by Gasteiger charge is -2.28. The Labute approximate surface area is 254 Å². The normalized spacial score (nSPS) is 16.7. The van der Waals surface area contributed by atoms with E-state index in [0.717, 1.165) is 0 Å². The number of nitrogens with two attached hydrogens (primary N) is 1. The van der Waals surface area contributed by atoms with Crippen LogP contribution in [0.15, 0.2) is 84.0 Å². The number of primary amides is 1. The van der Waals surface area contributed by atoms with Gasteiger partial charge in [0.25, 0.3) is 5.91 Å². The van der Waals surface area contributed by atoms with Gasteiger partial charge < -0.3 is 11.1 Å². The molecule has 0 saturated heterocycles. The van der Waals surface area contributed by atoms with Crippen molar-refractivity contribution in [1.29, 1.82) is 0 Å². The van der Waals surface area contributed by atoms with Gasteiger partial charge in [-0.1, -0.05) is 54.6 Å². The first kappa shape index (κ1) is 33.1. The van der Waals surface area contributed by atoms with E-state index in [1.54, 1.807) is 66.7 Å². The first-order valence-electron chi connectivity index (χ1n) is 14.0. The molecule has 1 aliphatic rings.